The number of benzene rings is 1. The van der Waals surface area contributed by atoms with Crippen molar-refractivity contribution in [2.75, 3.05) is 0 Å². The molecule has 0 radical (unpaired) electrons. The van der Waals surface area contributed by atoms with Gasteiger partial charge < -0.3 is 5.11 Å². The second kappa shape index (κ2) is 5.06. The van der Waals surface area contributed by atoms with E-state index in [1.165, 1.54) is 18.7 Å². The fraction of sp³-hybridized carbons (Fsp3) is 0.214. The highest BCUT2D eigenvalue weighted by Gasteiger charge is 2.13. The van der Waals surface area contributed by atoms with Gasteiger partial charge in [-0.2, -0.15) is 5.10 Å². The van der Waals surface area contributed by atoms with Gasteiger partial charge in [0.15, 0.2) is 0 Å². The molecule has 0 unspecified atom stereocenters. The Hall–Kier alpha value is -2.43. The van der Waals surface area contributed by atoms with Crippen LogP contribution in [-0.4, -0.2) is 20.9 Å². The van der Waals surface area contributed by atoms with Crippen LogP contribution >= 0.6 is 0 Å². The normalized spacial score (nSPS) is 10.4. The van der Waals surface area contributed by atoms with E-state index in [4.69, 9.17) is 5.11 Å². The third-order valence-corrected chi connectivity index (χ3v) is 2.95. The number of carboxylic acid groups (broad SMARTS) is 1. The van der Waals surface area contributed by atoms with Gasteiger partial charge in [0.1, 0.15) is 5.56 Å². The molecule has 0 aliphatic carbocycles. The van der Waals surface area contributed by atoms with Crippen LogP contribution in [0.3, 0.4) is 0 Å². The maximum Gasteiger partial charge on any atom is 0.341 e. The molecule has 98 valence electrons. The lowest BCUT2D eigenvalue weighted by Gasteiger charge is -2.06. The van der Waals surface area contributed by atoms with E-state index in [9.17, 15) is 9.59 Å². The molecule has 0 spiro atoms. The Balaban J connectivity index is 2.56. The van der Waals surface area contributed by atoms with Crippen LogP contribution in [0.2, 0.25) is 0 Å². The lowest BCUT2D eigenvalue weighted by atomic mass is 10.1. The van der Waals surface area contributed by atoms with Gasteiger partial charge in [-0.25, -0.2) is 9.48 Å². The van der Waals surface area contributed by atoms with Crippen LogP contribution in [0.4, 0.5) is 0 Å². The Labute approximate surface area is 110 Å². The molecule has 0 bridgehead atoms. The minimum absolute atomic E-state index is 0.271. The summed E-state index contributed by atoms with van der Waals surface area (Å²) in [6.45, 7) is 2.06. The highest BCUT2D eigenvalue weighted by molar-refractivity contribution is 5.88. The molecule has 0 saturated heterocycles. The lowest BCUT2D eigenvalue weighted by Crippen LogP contribution is -2.26. The van der Waals surface area contributed by atoms with E-state index in [2.05, 4.69) is 12.0 Å². The van der Waals surface area contributed by atoms with Crippen LogP contribution in [0.15, 0.2) is 35.1 Å². The molecule has 2 rings (SSSR count). The maximum absolute atomic E-state index is 11.6. The standard InChI is InChI=1S/C14H14N2O3/c1-3-9-4-6-10(7-5-9)12-8-11(14(18)19)13(17)16(2)15-12/h4-8H,3H2,1-2H3,(H,18,19). The predicted octanol–water partition coefficient (Wildman–Crippen LogP) is 1.71. The molecular weight excluding hydrogens is 244 g/mol. The predicted molar refractivity (Wildman–Crippen MR) is 71.3 cm³/mol. The van der Waals surface area contributed by atoms with Crippen LogP contribution in [0.25, 0.3) is 11.3 Å². The van der Waals surface area contributed by atoms with Crippen LogP contribution in [0.1, 0.15) is 22.8 Å². The lowest BCUT2D eigenvalue weighted by molar-refractivity contribution is 0.0694. The third-order valence-electron chi connectivity index (χ3n) is 2.95. The molecule has 5 heteroatoms. The Morgan fingerprint density at radius 3 is 2.47 bits per heavy atom. The molecule has 1 aromatic heterocycles. The van der Waals surface area contributed by atoms with E-state index in [1.54, 1.807) is 0 Å². The zero-order valence-corrected chi connectivity index (χ0v) is 10.8. The van der Waals surface area contributed by atoms with Gasteiger partial charge in [0.05, 0.1) is 5.69 Å². The number of hydrogen-bond donors (Lipinski definition) is 1. The average Bonchev–Trinajstić information content (AvgIpc) is 2.41. The fourth-order valence-electron chi connectivity index (χ4n) is 1.81. The van der Waals surface area contributed by atoms with Gasteiger partial charge in [-0.15, -0.1) is 0 Å². The summed E-state index contributed by atoms with van der Waals surface area (Å²) in [5.74, 6) is -1.24. The summed E-state index contributed by atoms with van der Waals surface area (Å²) in [5, 5.41) is 13.1. The number of aryl methyl sites for hydroxylation is 2. The van der Waals surface area contributed by atoms with E-state index in [-0.39, 0.29) is 5.56 Å². The van der Waals surface area contributed by atoms with Crippen molar-refractivity contribution in [1.82, 2.24) is 9.78 Å². The van der Waals surface area contributed by atoms with E-state index in [1.807, 2.05) is 24.3 Å². The van der Waals surface area contributed by atoms with Crippen molar-refractivity contribution >= 4 is 5.97 Å². The Morgan fingerprint density at radius 1 is 1.32 bits per heavy atom. The van der Waals surface area contributed by atoms with Gasteiger partial charge in [0.2, 0.25) is 0 Å². The number of carbonyl (C=O) groups is 1. The first kappa shape index (κ1) is 13.0. The molecule has 0 fully saturated rings. The van der Waals surface area contributed by atoms with Crippen molar-refractivity contribution in [2.45, 2.75) is 13.3 Å². The average molecular weight is 258 g/mol. The Kier molecular flexibility index (Phi) is 3.46. The number of aromatic nitrogens is 2. The van der Waals surface area contributed by atoms with Gasteiger partial charge in [0, 0.05) is 12.6 Å². The van der Waals surface area contributed by atoms with Gasteiger partial charge in [0.25, 0.3) is 5.56 Å². The topological polar surface area (TPSA) is 72.2 Å². The number of aromatic carboxylic acids is 1. The molecule has 1 N–H and O–H groups in total. The first-order valence-electron chi connectivity index (χ1n) is 5.94. The zero-order chi connectivity index (χ0) is 14.0. The molecule has 0 saturated carbocycles. The minimum atomic E-state index is -1.24. The van der Waals surface area contributed by atoms with Crippen LogP contribution in [0.5, 0.6) is 0 Å². The highest BCUT2D eigenvalue weighted by atomic mass is 16.4. The smallest absolute Gasteiger partial charge is 0.341 e. The summed E-state index contributed by atoms with van der Waals surface area (Å²) < 4.78 is 1.05. The van der Waals surface area contributed by atoms with E-state index < -0.39 is 11.5 Å². The first-order chi connectivity index (χ1) is 9.02. The molecule has 1 heterocycles. The van der Waals surface area contributed by atoms with Gasteiger partial charge >= 0.3 is 5.97 Å². The third kappa shape index (κ3) is 2.54. The number of rotatable bonds is 3. The van der Waals surface area contributed by atoms with Gasteiger partial charge in [-0.1, -0.05) is 31.2 Å². The molecule has 0 aliphatic heterocycles. The van der Waals surface area contributed by atoms with Crippen LogP contribution in [-0.2, 0) is 13.5 Å². The number of nitrogens with zero attached hydrogens (tertiary/aromatic N) is 2. The van der Waals surface area contributed by atoms with Gasteiger partial charge in [-0.05, 0) is 18.1 Å². The summed E-state index contributed by atoms with van der Waals surface area (Å²) in [4.78, 5) is 22.6. The van der Waals surface area contributed by atoms with Crippen molar-refractivity contribution in [3.8, 4) is 11.3 Å². The van der Waals surface area contributed by atoms with Crippen LogP contribution in [0, 0.1) is 0 Å². The highest BCUT2D eigenvalue weighted by Crippen LogP contribution is 2.17. The number of hydrogen-bond acceptors (Lipinski definition) is 3. The summed E-state index contributed by atoms with van der Waals surface area (Å²) in [6, 6.07) is 8.98. The fourth-order valence-corrected chi connectivity index (χ4v) is 1.81. The quantitative estimate of drug-likeness (QED) is 0.909. The van der Waals surface area contributed by atoms with Crippen molar-refractivity contribution in [1.29, 1.82) is 0 Å². The summed E-state index contributed by atoms with van der Waals surface area (Å²) in [6.07, 6.45) is 0.932. The van der Waals surface area contributed by atoms with E-state index >= 15 is 0 Å². The SMILES string of the molecule is CCc1ccc(-c2cc(C(=O)O)c(=O)n(C)n2)cc1. The summed E-state index contributed by atoms with van der Waals surface area (Å²) in [7, 11) is 1.44. The van der Waals surface area contributed by atoms with Crippen LogP contribution < -0.4 is 5.56 Å². The van der Waals surface area contributed by atoms with Crippen molar-refractivity contribution in [2.24, 2.45) is 7.05 Å². The molecule has 0 aliphatic rings. The molecule has 0 atom stereocenters. The van der Waals surface area contributed by atoms with Crippen molar-refractivity contribution in [3.63, 3.8) is 0 Å². The summed E-state index contributed by atoms with van der Waals surface area (Å²) >= 11 is 0. The molecule has 19 heavy (non-hydrogen) atoms. The van der Waals surface area contributed by atoms with E-state index in [0.29, 0.717) is 5.69 Å². The van der Waals surface area contributed by atoms with Gasteiger partial charge in [-0.3, -0.25) is 4.79 Å². The second-order valence-electron chi connectivity index (χ2n) is 4.23. The minimum Gasteiger partial charge on any atom is -0.477 e. The Morgan fingerprint density at radius 2 is 1.95 bits per heavy atom. The Bertz CT molecular complexity index is 672. The number of carboxylic acids is 1. The largest absolute Gasteiger partial charge is 0.477 e. The molecule has 5 nitrogen and oxygen atoms in total. The monoisotopic (exact) mass is 258 g/mol. The van der Waals surface area contributed by atoms with Crippen molar-refractivity contribution in [3.05, 3.63) is 51.8 Å². The molecule has 2 aromatic rings. The maximum atomic E-state index is 11.6. The molecule has 1 aromatic carbocycles. The first-order valence-corrected chi connectivity index (χ1v) is 5.94. The van der Waals surface area contributed by atoms with Crippen molar-refractivity contribution < 1.29 is 9.90 Å². The zero-order valence-electron chi connectivity index (χ0n) is 10.8. The van der Waals surface area contributed by atoms with E-state index in [0.717, 1.165) is 16.7 Å². The molecular formula is C14H14N2O3. The molecule has 0 amide bonds. The summed E-state index contributed by atoms with van der Waals surface area (Å²) in [5.41, 5.74) is 1.57. The second-order valence-corrected chi connectivity index (χ2v) is 4.23.